The molecule has 0 N–H and O–H groups in total. The lowest BCUT2D eigenvalue weighted by Gasteiger charge is -2.07. The highest BCUT2D eigenvalue weighted by atomic mass is 35.5. The molecular weight excluding hydrogens is 370 g/mol. The Balaban J connectivity index is 1.82. The fourth-order valence-corrected chi connectivity index (χ4v) is 4.63. The minimum absolute atomic E-state index is 0.694. The predicted molar refractivity (Wildman–Crippen MR) is 109 cm³/mol. The van der Waals surface area contributed by atoms with E-state index in [0.717, 1.165) is 40.2 Å². The number of hydrogen-bond donors (Lipinski definition) is 0. The van der Waals surface area contributed by atoms with Gasteiger partial charge in [0.25, 0.3) is 0 Å². The number of benzene rings is 1. The van der Waals surface area contributed by atoms with Crippen LogP contribution in [-0.2, 0) is 18.7 Å². The van der Waals surface area contributed by atoms with Crippen molar-refractivity contribution in [2.75, 3.05) is 0 Å². The molecule has 0 aliphatic carbocycles. The van der Waals surface area contributed by atoms with E-state index in [1.54, 1.807) is 23.1 Å². The van der Waals surface area contributed by atoms with Crippen LogP contribution in [0, 0.1) is 0 Å². The van der Waals surface area contributed by atoms with E-state index in [2.05, 4.69) is 45.8 Å². The van der Waals surface area contributed by atoms with Gasteiger partial charge in [-0.15, -0.1) is 28.1 Å². The van der Waals surface area contributed by atoms with E-state index in [4.69, 9.17) is 11.6 Å². The van der Waals surface area contributed by atoms with Gasteiger partial charge in [0.15, 0.2) is 11.0 Å². The second-order valence-electron chi connectivity index (χ2n) is 5.68. The van der Waals surface area contributed by atoms with Gasteiger partial charge < -0.3 is 0 Å². The molecule has 0 fully saturated rings. The summed E-state index contributed by atoms with van der Waals surface area (Å²) in [6.45, 7) is 6.77. The van der Waals surface area contributed by atoms with E-state index in [1.165, 1.54) is 10.4 Å². The minimum Gasteiger partial charge on any atom is -0.298 e. The molecule has 0 atom stereocenters. The van der Waals surface area contributed by atoms with Crippen LogP contribution in [0.1, 0.15) is 23.8 Å². The van der Waals surface area contributed by atoms with Crippen molar-refractivity contribution in [1.29, 1.82) is 0 Å². The number of aromatic nitrogens is 3. The van der Waals surface area contributed by atoms with Crippen molar-refractivity contribution in [2.24, 2.45) is 0 Å². The second-order valence-corrected chi connectivity index (χ2v) is 8.05. The maximum atomic E-state index is 6.07. The van der Waals surface area contributed by atoms with Gasteiger partial charge in [-0.3, -0.25) is 4.57 Å². The van der Waals surface area contributed by atoms with Crippen molar-refractivity contribution in [3.8, 4) is 11.4 Å². The molecule has 3 rings (SSSR count). The monoisotopic (exact) mass is 389 g/mol. The van der Waals surface area contributed by atoms with Crippen molar-refractivity contribution in [1.82, 2.24) is 14.8 Å². The third-order valence-electron chi connectivity index (χ3n) is 3.69. The van der Waals surface area contributed by atoms with E-state index >= 15 is 0 Å². The number of rotatable bonds is 8. The average molecular weight is 390 g/mol. The molecular formula is C19H20ClN3S2. The van der Waals surface area contributed by atoms with Gasteiger partial charge in [-0.25, -0.2) is 0 Å². The molecule has 130 valence electrons. The van der Waals surface area contributed by atoms with Gasteiger partial charge in [0.2, 0.25) is 0 Å². The molecule has 0 radical (unpaired) electrons. The lowest BCUT2D eigenvalue weighted by atomic mass is 10.2. The summed E-state index contributed by atoms with van der Waals surface area (Å²) in [6, 6.07) is 10.1. The third-order valence-corrected chi connectivity index (χ3v) is 5.96. The smallest absolute Gasteiger partial charge is 0.192 e. The molecule has 2 heterocycles. The van der Waals surface area contributed by atoms with Gasteiger partial charge in [-0.1, -0.05) is 54.9 Å². The van der Waals surface area contributed by atoms with Crippen molar-refractivity contribution in [3.63, 3.8) is 0 Å². The Morgan fingerprint density at radius 3 is 2.96 bits per heavy atom. The van der Waals surface area contributed by atoms with Crippen LogP contribution in [-0.4, -0.2) is 14.8 Å². The van der Waals surface area contributed by atoms with Gasteiger partial charge in [-0.2, -0.15) is 0 Å². The number of aryl methyl sites for hydroxylation is 1. The highest BCUT2D eigenvalue weighted by Gasteiger charge is 2.15. The van der Waals surface area contributed by atoms with Gasteiger partial charge in [0.1, 0.15) is 0 Å². The number of allylic oxidation sites excluding steroid dienone is 1. The molecule has 0 bridgehead atoms. The molecule has 3 nitrogen and oxygen atoms in total. The fourth-order valence-electron chi connectivity index (χ4n) is 2.55. The van der Waals surface area contributed by atoms with E-state index in [1.807, 2.05) is 24.3 Å². The molecule has 0 saturated carbocycles. The maximum absolute atomic E-state index is 6.07. The first-order chi connectivity index (χ1) is 12.2. The summed E-state index contributed by atoms with van der Waals surface area (Å²) in [5.41, 5.74) is 2.31. The van der Waals surface area contributed by atoms with E-state index in [-0.39, 0.29) is 0 Å². The summed E-state index contributed by atoms with van der Waals surface area (Å²) in [5.74, 6) is 1.72. The number of nitrogens with zero attached hydrogens (tertiary/aromatic N) is 3. The van der Waals surface area contributed by atoms with Gasteiger partial charge in [0, 0.05) is 33.1 Å². The summed E-state index contributed by atoms with van der Waals surface area (Å²) >= 11 is 9.52. The topological polar surface area (TPSA) is 30.7 Å². The zero-order valence-corrected chi connectivity index (χ0v) is 16.5. The second kappa shape index (κ2) is 8.70. The molecule has 1 aromatic carbocycles. The Bertz CT molecular complexity index is 854. The van der Waals surface area contributed by atoms with Crippen LogP contribution in [0.15, 0.2) is 53.5 Å². The van der Waals surface area contributed by atoms with Crippen LogP contribution in [0.2, 0.25) is 5.02 Å². The van der Waals surface area contributed by atoms with Crippen molar-refractivity contribution in [3.05, 3.63) is 63.8 Å². The van der Waals surface area contributed by atoms with Crippen molar-refractivity contribution in [2.45, 2.75) is 37.2 Å². The van der Waals surface area contributed by atoms with Crippen molar-refractivity contribution < 1.29 is 0 Å². The van der Waals surface area contributed by atoms with Crippen LogP contribution in [0.4, 0.5) is 0 Å². The Hall–Kier alpha value is -1.56. The first kappa shape index (κ1) is 18.2. The first-order valence-corrected chi connectivity index (χ1v) is 10.4. The number of hydrogen-bond acceptors (Lipinski definition) is 4. The first-order valence-electron chi connectivity index (χ1n) is 8.20. The molecule has 2 aromatic heterocycles. The lowest BCUT2D eigenvalue weighted by Crippen LogP contribution is -2.00. The van der Waals surface area contributed by atoms with Crippen LogP contribution in [0.5, 0.6) is 0 Å². The standard InChI is InChI=1S/C19H20ClN3S2/c1-3-6-17-11-15(13-24-17)18-21-22-19(23(18)9-4-2)25-12-14-7-5-8-16(20)10-14/h4-5,7-8,10-11,13H,2-3,6,9,12H2,1H3. The summed E-state index contributed by atoms with van der Waals surface area (Å²) in [4.78, 5) is 1.39. The van der Waals surface area contributed by atoms with Crippen LogP contribution < -0.4 is 0 Å². The summed E-state index contributed by atoms with van der Waals surface area (Å²) in [7, 11) is 0. The summed E-state index contributed by atoms with van der Waals surface area (Å²) in [5, 5.41) is 12.7. The van der Waals surface area contributed by atoms with E-state index < -0.39 is 0 Å². The third kappa shape index (κ3) is 4.54. The maximum Gasteiger partial charge on any atom is 0.192 e. The number of thiophene rings is 1. The predicted octanol–water partition coefficient (Wildman–Crippen LogP) is 6.09. The molecule has 25 heavy (non-hydrogen) atoms. The molecule has 0 amide bonds. The highest BCUT2D eigenvalue weighted by molar-refractivity contribution is 7.98. The molecule has 0 aliphatic rings. The molecule has 0 aliphatic heterocycles. The van der Waals surface area contributed by atoms with Crippen LogP contribution >= 0.6 is 34.7 Å². The fraction of sp³-hybridized carbons (Fsp3) is 0.263. The van der Waals surface area contributed by atoms with E-state index in [0.29, 0.717) is 6.54 Å². The zero-order valence-electron chi connectivity index (χ0n) is 14.1. The Morgan fingerprint density at radius 2 is 2.20 bits per heavy atom. The lowest BCUT2D eigenvalue weighted by molar-refractivity contribution is 0.731. The molecule has 6 heteroatoms. The van der Waals surface area contributed by atoms with Gasteiger partial charge in [0.05, 0.1) is 0 Å². The average Bonchev–Trinajstić information content (AvgIpc) is 3.21. The van der Waals surface area contributed by atoms with E-state index in [9.17, 15) is 0 Å². The SMILES string of the molecule is C=CCn1c(SCc2cccc(Cl)c2)nnc1-c1csc(CCC)c1. The number of thioether (sulfide) groups is 1. The Kier molecular flexibility index (Phi) is 6.34. The minimum atomic E-state index is 0.694. The largest absolute Gasteiger partial charge is 0.298 e. The van der Waals surface area contributed by atoms with Crippen molar-refractivity contribution >= 4 is 34.7 Å². The van der Waals surface area contributed by atoms with Crippen LogP contribution in [0.25, 0.3) is 11.4 Å². The molecule has 0 unspecified atom stereocenters. The Morgan fingerprint density at radius 1 is 1.32 bits per heavy atom. The molecule has 3 aromatic rings. The quantitative estimate of drug-likeness (QED) is 0.345. The van der Waals surface area contributed by atoms with Gasteiger partial charge >= 0.3 is 0 Å². The molecule has 0 saturated heterocycles. The normalized spacial score (nSPS) is 11.0. The summed E-state index contributed by atoms with van der Waals surface area (Å²) in [6.07, 6.45) is 4.15. The zero-order chi connectivity index (χ0) is 17.6. The highest BCUT2D eigenvalue weighted by Crippen LogP contribution is 2.30. The molecule has 0 spiro atoms. The number of halogens is 1. The Labute approximate surface area is 161 Å². The van der Waals surface area contributed by atoms with Crippen LogP contribution in [0.3, 0.4) is 0 Å². The van der Waals surface area contributed by atoms with Gasteiger partial charge in [-0.05, 0) is 30.2 Å². The summed E-state index contributed by atoms with van der Waals surface area (Å²) < 4.78 is 2.12.